The van der Waals surface area contributed by atoms with E-state index in [1.165, 1.54) is 4.31 Å². The van der Waals surface area contributed by atoms with Gasteiger partial charge in [0.15, 0.2) is 0 Å². The number of halogens is 1. The summed E-state index contributed by atoms with van der Waals surface area (Å²) < 4.78 is 27.2. The lowest BCUT2D eigenvalue weighted by Crippen LogP contribution is -2.42. The van der Waals surface area contributed by atoms with Gasteiger partial charge in [-0.3, -0.25) is 9.59 Å². The molecule has 1 saturated heterocycles. The zero-order chi connectivity index (χ0) is 26.3. The van der Waals surface area contributed by atoms with Gasteiger partial charge in [0.05, 0.1) is 17.0 Å². The van der Waals surface area contributed by atoms with Crippen LogP contribution in [0.25, 0.3) is 0 Å². The van der Waals surface area contributed by atoms with Gasteiger partial charge in [-0.2, -0.15) is 0 Å². The lowest BCUT2D eigenvalue weighted by molar-refractivity contribution is -0.120. The maximum Gasteiger partial charge on any atom is 0.253 e. The van der Waals surface area contributed by atoms with E-state index < -0.39 is 10.0 Å². The normalized spacial score (nSPS) is 14.7. The minimum atomic E-state index is -3.52. The average molecular weight is 540 g/mol. The molecule has 7 nitrogen and oxygen atoms in total. The molecule has 37 heavy (non-hydrogen) atoms. The van der Waals surface area contributed by atoms with Gasteiger partial charge in [0, 0.05) is 30.6 Å². The third-order valence-corrected chi connectivity index (χ3v) is 8.51. The SMILES string of the molecule is O=C(NCCc1ccccc1)c1ccccc1NC(=O)C1CCN(S(=O)(=O)Cc2cccc(Cl)c2)CC1. The first-order valence-corrected chi connectivity index (χ1v) is 14.2. The number of rotatable bonds is 9. The Bertz CT molecular complexity index is 1340. The van der Waals surface area contributed by atoms with Crippen molar-refractivity contribution in [2.45, 2.75) is 25.0 Å². The van der Waals surface area contributed by atoms with Gasteiger partial charge < -0.3 is 10.6 Å². The fourth-order valence-electron chi connectivity index (χ4n) is 4.41. The average Bonchev–Trinajstić information content (AvgIpc) is 2.89. The summed E-state index contributed by atoms with van der Waals surface area (Å²) in [5.41, 5.74) is 2.60. The fraction of sp³-hybridized carbons (Fsp3) is 0.286. The highest BCUT2D eigenvalue weighted by Crippen LogP contribution is 2.25. The third-order valence-electron chi connectivity index (χ3n) is 6.43. The summed E-state index contributed by atoms with van der Waals surface area (Å²) in [6, 6.07) is 23.6. The van der Waals surface area contributed by atoms with Crippen molar-refractivity contribution in [2.75, 3.05) is 25.0 Å². The summed E-state index contributed by atoms with van der Waals surface area (Å²) in [6.07, 6.45) is 1.53. The van der Waals surface area contributed by atoms with Gasteiger partial charge in [-0.05, 0) is 54.7 Å². The van der Waals surface area contributed by atoms with E-state index >= 15 is 0 Å². The van der Waals surface area contributed by atoms with Crippen LogP contribution in [0, 0.1) is 5.92 Å². The number of nitrogens with one attached hydrogen (secondary N) is 2. The lowest BCUT2D eigenvalue weighted by atomic mass is 9.97. The number of piperidine rings is 1. The van der Waals surface area contributed by atoms with Crippen LogP contribution in [-0.2, 0) is 27.0 Å². The Labute approximate surface area is 222 Å². The first-order chi connectivity index (χ1) is 17.8. The Balaban J connectivity index is 1.30. The molecule has 0 aromatic heterocycles. The topological polar surface area (TPSA) is 95.6 Å². The predicted octanol–water partition coefficient (Wildman–Crippen LogP) is 4.49. The quantitative estimate of drug-likeness (QED) is 0.419. The summed E-state index contributed by atoms with van der Waals surface area (Å²) in [5.74, 6) is -0.936. The number of carbonyl (C=O) groups is 2. The predicted molar refractivity (Wildman–Crippen MR) is 146 cm³/mol. The monoisotopic (exact) mass is 539 g/mol. The molecule has 1 heterocycles. The molecule has 1 aliphatic heterocycles. The molecule has 2 N–H and O–H groups in total. The Morgan fingerprint density at radius 1 is 0.892 bits per heavy atom. The van der Waals surface area contributed by atoms with Crippen LogP contribution < -0.4 is 10.6 Å². The number of sulfonamides is 1. The van der Waals surface area contributed by atoms with E-state index in [0.29, 0.717) is 47.6 Å². The maximum absolute atomic E-state index is 13.0. The van der Waals surface area contributed by atoms with Crippen molar-refractivity contribution in [2.24, 2.45) is 5.92 Å². The molecule has 4 rings (SSSR count). The second-order valence-electron chi connectivity index (χ2n) is 9.09. The Morgan fingerprint density at radius 3 is 2.30 bits per heavy atom. The highest BCUT2D eigenvalue weighted by molar-refractivity contribution is 7.88. The largest absolute Gasteiger partial charge is 0.352 e. The number of hydrogen-bond acceptors (Lipinski definition) is 4. The molecule has 0 radical (unpaired) electrons. The summed E-state index contributed by atoms with van der Waals surface area (Å²) in [4.78, 5) is 25.8. The van der Waals surface area contributed by atoms with Crippen LogP contribution in [0.5, 0.6) is 0 Å². The van der Waals surface area contributed by atoms with E-state index in [2.05, 4.69) is 10.6 Å². The van der Waals surface area contributed by atoms with E-state index in [0.717, 1.165) is 5.56 Å². The molecule has 0 saturated carbocycles. The van der Waals surface area contributed by atoms with Gasteiger partial charge in [0.1, 0.15) is 0 Å². The minimum Gasteiger partial charge on any atom is -0.352 e. The molecule has 0 atom stereocenters. The van der Waals surface area contributed by atoms with Gasteiger partial charge in [-0.25, -0.2) is 12.7 Å². The molecule has 0 unspecified atom stereocenters. The summed E-state index contributed by atoms with van der Waals surface area (Å²) in [6.45, 7) is 1.01. The second kappa shape index (κ2) is 12.4. The van der Waals surface area contributed by atoms with Crippen molar-refractivity contribution in [1.29, 1.82) is 0 Å². The Morgan fingerprint density at radius 2 is 1.57 bits per heavy atom. The number of carbonyl (C=O) groups excluding carboxylic acids is 2. The molecule has 0 aliphatic carbocycles. The molecule has 0 spiro atoms. The highest BCUT2D eigenvalue weighted by Gasteiger charge is 2.31. The van der Waals surface area contributed by atoms with Crippen molar-refractivity contribution >= 4 is 39.1 Å². The standard InChI is InChI=1S/C28H30ClN3O4S/c29-24-10-6-9-22(19-24)20-37(35,36)32-17-14-23(15-18-32)27(33)31-26-12-5-4-11-25(26)28(34)30-16-13-21-7-2-1-3-8-21/h1-12,19,23H,13-18,20H2,(H,30,34)(H,31,33). The lowest BCUT2D eigenvalue weighted by Gasteiger charge is -2.30. The Hall–Kier alpha value is -3.20. The zero-order valence-electron chi connectivity index (χ0n) is 20.4. The molecule has 0 bridgehead atoms. The summed E-state index contributed by atoms with van der Waals surface area (Å²) >= 11 is 5.98. The third kappa shape index (κ3) is 7.41. The molecule has 1 aliphatic rings. The summed E-state index contributed by atoms with van der Waals surface area (Å²) in [7, 11) is -3.52. The molecule has 1 fully saturated rings. The first kappa shape index (κ1) is 26.9. The smallest absolute Gasteiger partial charge is 0.253 e. The van der Waals surface area contributed by atoms with Crippen LogP contribution in [0.1, 0.15) is 34.3 Å². The van der Waals surface area contributed by atoms with Crippen molar-refractivity contribution in [1.82, 2.24) is 9.62 Å². The number of anilines is 1. The van der Waals surface area contributed by atoms with Crippen LogP contribution in [-0.4, -0.2) is 44.2 Å². The fourth-order valence-corrected chi connectivity index (χ4v) is 6.17. The van der Waals surface area contributed by atoms with Crippen LogP contribution in [0.4, 0.5) is 5.69 Å². The number of amides is 2. The van der Waals surface area contributed by atoms with Crippen molar-refractivity contribution in [3.8, 4) is 0 Å². The van der Waals surface area contributed by atoms with Crippen LogP contribution in [0.3, 0.4) is 0 Å². The van der Waals surface area contributed by atoms with Crippen molar-refractivity contribution in [3.05, 3.63) is 101 Å². The molecule has 3 aromatic carbocycles. The zero-order valence-corrected chi connectivity index (χ0v) is 22.0. The van der Waals surface area contributed by atoms with Gasteiger partial charge in [0.2, 0.25) is 15.9 Å². The van der Waals surface area contributed by atoms with Crippen molar-refractivity contribution in [3.63, 3.8) is 0 Å². The second-order valence-corrected chi connectivity index (χ2v) is 11.5. The molecular formula is C28H30ClN3O4S. The van der Waals surface area contributed by atoms with Crippen LogP contribution >= 0.6 is 11.6 Å². The van der Waals surface area contributed by atoms with Gasteiger partial charge in [0.25, 0.3) is 5.91 Å². The van der Waals surface area contributed by atoms with E-state index in [4.69, 9.17) is 11.6 Å². The maximum atomic E-state index is 13.0. The molecular weight excluding hydrogens is 510 g/mol. The van der Waals surface area contributed by atoms with Crippen molar-refractivity contribution < 1.29 is 18.0 Å². The number of nitrogens with zero attached hydrogens (tertiary/aromatic N) is 1. The van der Waals surface area contributed by atoms with Gasteiger partial charge in [-0.15, -0.1) is 0 Å². The number of hydrogen-bond donors (Lipinski definition) is 2. The summed E-state index contributed by atoms with van der Waals surface area (Å²) in [5, 5.41) is 6.29. The molecule has 2 amide bonds. The van der Waals surface area contributed by atoms with E-state index in [1.807, 2.05) is 30.3 Å². The molecule has 194 valence electrons. The van der Waals surface area contributed by atoms with E-state index in [-0.39, 0.29) is 36.6 Å². The number of benzene rings is 3. The molecule has 3 aromatic rings. The van der Waals surface area contributed by atoms with Gasteiger partial charge >= 0.3 is 0 Å². The first-order valence-electron chi connectivity index (χ1n) is 12.3. The van der Waals surface area contributed by atoms with Crippen LogP contribution in [0.15, 0.2) is 78.9 Å². The van der Waals surface area contributed by atoms with E-state index in [1.54, 1.807) is 48.5 Å². The minimum absolute atomic E-state index is 0.128. The van der Waals surface area contributed by atoms with E-state index in [9.17, 15) is 18.0 Å². The van der Waals surface area contributed by atoms with Crippen LogP contribution in [0.2, 0.25) is 5.02 Å². The highest BCUT2D eigenvalue weighted by atomic mass is 35.5. The molecule has 9 heteroatoms. The van der Waals surface area contributed by atoms with Gasteiger partial charge in [-0.1, -0.05) is 66.2 Å². The number of para-hydroxylation sites is 1. The Kier molecular flexibility index (Phi) is 8.97.